The Morgan fingerprint density at radius 3 is 1.74 bits per heavy atom. The van der Waals surface area contributed by atoms with Crippen molar-refractivity contribution in [3.05, 3.63) is 118 Å². The van der Waals surface area contributed by atoms with Crippen molar-refractivity contribution in [3.8, 4) is 0 Å². The van der Waals surface area contributed by atoms with Crippen LogP contribution in [0.2, 0.25) is 0 Å². The number of aryl methyl sites for hydroxylation is 2. The van der Waals surface area contributed by atoms with Crippen LogP contribution in [0.1, 0.15) is 47.2 Å². The van der Waals surface area contributed by atoms with Gasteiger partial charge in [-0.1, -0.05) is 104 Å². The van der Waals surface area contributed by atoms with Gasteiger partial charge in [-0.25, -0.2) is 0 Å². The Balaban J connectivity index is 1.86. The van der Waals surface area contributed by atoms with Crippen LogP contribution in [-0.4, -0.2) is 0 Å². The number of hydrogen-bond acceptors (Lipinski definition) is 0. The Morgan fingerprint density at radius 2 is 1.22 bits per heavy atom. The molecule has 0 heteroatoms. The molecule has 0 aromatic heterocycles. The van der Waals surface area contributed by atoms with Gasteiger partial charge in [0.25, 0.3) is 0 Å². The van der Waals surface area contributed by atoms with Gasteiger partial charge in [-0.2, -0.15) is 0 Å². The third-order valence-corrected chi connectivity index (χ3v) is 5.69. The maximum Gasteiger partial charge on any atom is 0.0152 e. The summed E-state index contributed by atoms with van der Waals surface area (Å²) in [6.45, 7) is 8.92. The number of benzene rings is 3. The van der Waals surface area contributed by atoms with Gasteiger partial charge in [0, 0.05) is 5.41 Å². The molecule has 0 spiro atoms. The second kappa shape index (κ2) is 6.70. The monoisotopic (exact) mass is 350 g/mol. The molecule has 3 aromatic carbocycles. The fourth-order valence-corrected chi connectivity index (χ4v) is 3.87. The zero-order chi connectivity index (χ0) is 19.0. The molecule has 0 nitrogen and oxygen atoms in total. The maximum absolute atomic E-state index is 2.38. The summed E-state index contributed by atoms with van der Waals surface area (Å²) < 4.78 is 0. The summed E-state index contributed by atoms with van der Waals surface area (Å²) in [6.07, 6.45) is 4.73. The van der Waals surface area contributed by atoms with Crippen molar-refractivity contribution in [3.63, 3.8) is 0 Å². The number of fused-ring (bicyclic) bond motifs is 1. The second-order valence-corrected chi connectivity index (χ2v) is 8.10. The van der Waals surface area contributed by atoms with Crippen molar-refractivity contribution >= 4 is 11.6 Å². The largest absolute Gasteiger partial charge is 0.0619 e. The average molecular weight is 351 g/mol. The van der Waals surface area contributed by atoms with E-state index < -0.39 is 0 Å². The molecule has 27 heavy (non-hydrogen) atoms. The second-order valence-electron chi connectivity index (χ2n) is 8.10. The molecule has 0 saturated heterocycles. The predicted octanol–water partition coefficient (Wildman–Crippen LogP) is 7.11. The Morgan fingerprint density at radius 1 is 0.704 bits per heavy atom. The van der Waals surface area contributed by atoms with Gasteiger partial charge in [-0.15, -0.1) is 0 Å². The zero-order valence-electron chi connectivity index (χ0n) is 16.6. The van der Waals surface area contributed by atoms with Crippen molar-refractivity contribution in [2.75, 3.05) is 0 Å². The van der Waals surface area contributed by atoms with Gasteiger partial charge in [-0.3, -0.25) is 0 Å². The third-order valence-electron chi connectivity index (χ3n) is 5.69. The molecule has 0 aliphatic heterocycles. The molecule has 3 aromatic rings. The van der Waals surface area contributed by atoms with Gasteiger partial charge in [-0.05, 0) is 53.3 Å². The number of allylic oxidation sites excluding steroid dienone is 2. The van der Waals surface area contributed by atoms with Crippen LogP contribution in [-0.2, 0) is 5.41 Å². The minimum atomic E-state index is 0.0111. The molecule has 1 aliphatic carbocycles. The molecule has 0 heterocycles. The van der Waals surface area contributed by atoms with Crippen LogP contribution in [0.25, 0.3) is 11.6 Å². The highest BCUT2D eigenvalue weighted by Crippen LogP contribution is 2.43. The van der Waals surface area contributed by atoms with E-state index in [9.17, 15) is 0 Å². The molecule has 0 unspecified atom stereocenters. The van der Waals surface area contributed by atoms with Crippen LogP contribution in [0, 0.1) is 13.8 Å². The fraction of sp³-hybridized carbons (Fsp3) is 0.185. The molecule has 0 bridgehead atoms. The molecule has 134 valence electrons. The first-order chi connectivity index (χ1) is 12.9. The zero-order valence-corrected chi connectivity index (χ0v) is 16.6. The molecule has 0 saturated carbocycles. The smallest absolute Gasteiger partial charge is 0.0152 e. The van der Waals surface area contributed by atoms with Gasteiger partial charge in [0.1, 0.15) is 0 Å². The lowest BCUT2D eigenvalue weighted by molar-refractivity contribution is 0.655. The van der Waals surface area contributed by atoms with Crippen molar-refractivity contribution in [1.82, 2.24) is 0 Å². The topological polar surface area (TPSA) is 0 Å². The highest BCUT2D eigenvalue weighted by Gasteiger charge is 2.31. The van der Waals surface area contributed by atoms with Crippen LogP contribution in [0.4, 0.5) is 0 Å². The van der Waals surface area contributed by atoms with E-state index in [0.29, 0.717) is 0 Å². The van der Waals surface area contributed by atoms with E-state index in [-0.39, 0.29) is 5.41 Å². The summed E-state index contributed by atoms with van der Waals surface area (Å²) in [4.78, 5) is 0. The van der Waals surface area contributed by atoms with Crippen molar-refractivity contribution in [2.45, 2.75) is 33.1 Å². The first kappa shape index (κ1) is 17.5. The molecule has 0 atom stereocenters. The molecular formula is C27H26. The number of rotatable bonds is 3. The highest BCUT2D eigenvalue weighted by atomic mass is 14.3. The molecule has 0 amide bonds. The first-order valence-electron chi connectivity index (χ1n) is 9.62. The van der Waals surface area contributed by atoms with E-state index in [1.807, 2.05) is 0 Å². The van der Waals surface area contributed by atoms with E-state index in [0.717, 1.165) is 0 Å². The molecule has 0 radical (unpaired) electrons. The van der Waals surface area contributed by atoms with Gasteiger partial charge in [0.15, 0.2) is 0 Å². The summed E-state index contributed by atoms with van der Waals surface area (Å²) in [5.74, 6) is 0. The van der Waals surface area contributed by atoms with Gasteiger partial charge < -0.3 is 0 Å². The summed E-state index contributed by atoms with van der Waals surface area (Å²) in [5, 5.41) is 0. The van der Waals surface area contributed by atoms with Crippen molar-refractivity contribution in [2.24, 2.45) is 0 Å². The van der Waals surface area contributed by atoms with E-state index in [1.54, 1.807) is 0 Å². The Kier molecular flexibility index (Phi) is 4.36. The van der Waals surface area contributed by atoms with E-state index in [1.165, 1.54) is 44.5 Å². The normalized spacial score (nSPS) is 14.4. The standard InChI is InChI=1S/C27H26/c1-19-9-13-21(14-10-19)25(22-15-11-20(2)12-16-22)18-24-17-23-7-5-6-8-26(23)27(24,3)4/h5-18H,1-4H3. The number of hydrogen-bond donors (Lipinski definition) is 0. The Bertz CT molecular complexity index is 979. The summed E-state index contributed by atoms with van der Waals surface area (Å²) in [7, 11) is 0. The third kappa shape index (κ3) is 3.28. The fourth-order valence-electron chi connectivity index (χ4n) is 3.87. The predicted molar refractivity (Wildman–Crippen MR) is 117 cm³/mol. The van der Waals surface area contributed by atoms with Crippen LogP contribution in [0.5, 0.6) is 0 Å². The van der Waals surface area contributed by atoms with Crippen molar-refractivity contribution < 1.29 is 0 Å². The lowest BCUT2D eigenvalue weighted by atomic mass is 9.80. The lowest BCUT2D eigenvalue weighted by Crippen LogP contribution is -2.16. The van der Waals surface area contributed by atoms with Crippen LogP contribution in [0.3, 0.4) is 0 Å². The Labute approximate surface area is 162 Å². The summed E-state index contributed by atoms with van der Waals surface area (Å²) >= 11 is 0. The van der Waals surface area contributed by atoms with Crippen LogP contribution in [0.15, 0.2) is 84.4 Å². The van der Waals surface area contributed by atoms with E-state index >= 15 is 0 Å². The highest BCUT2D eigenvalue weighted by molar-refractivity contribution is 5.85. The maximum atomic E-state index is 2.38. The van der Waals surface area contributed by atoms with Gasteiger partial charge in [0.2, 0.25) is 0 Å². The molecule has 0 N–H and O–H groups in total. The minimum absolute atomic E-state index is 0.0111. The van der Waals surface area contributed by atoms with E-state index in [4.69, 9.17) is 0 Å². The van der Waals surface area contributed by atoms with E-state index in [2.05, 4.69) is 113 Å². The van der Waals surface area contributed by atoms with Gasteiger partial charge in [0.05, 0.1) is 0 Å². The molecular weight excluding hydrogens is 324 g/mol. The van der Waals surface area contributed by atoms with Crippen LogP contribution >= 0.6 is 0 Å². The minimum Gasteiger partial charge on any atom is -0.0619 e. The van der Waals surface area contributed by atoms with Gasteiger partial charge >= 0.3 is 0 Å². The summed E-state index contributed by atoms with van der Waals surface area (Å²) in [5.41, 5.74) is 10.5. The van der Waals surface area contributed by atoms with Crippen molar-refractivity contribution in [1.29, 1.82) is 0 Å². The van der Waals surface area contributed by atoms with Crippen LogP contribution < -0.4 is 0 Å². The SMILES string of the molecule is Cc1ccc(C(=CC2=Cc3ccccc3C2(C)C)c2ccc(C)cc2)cc1. The quantitative estimate of drug-likeness (QED) is 0.472. The molecule has 4 rings (SSSR count). The first-order valence-corrected chi connectivity index (χ1v) is 9.62. The lowest BCUT2D eigenvalue weighted by Gasteiger charge is -2.24. The summed E-state index contributed by atoms with van der Waals surface area (Å²) in [6, 6.07) is 26.4. The molecule has 0 fully saturated rings. The average Bonchev–Trinajstić information content (AvgIpc) is 2.92. The Hall–Kier alpha value is -2.86. The molecule has 1 aliphatic rings.